The molecule has 0 unspecified atom stereocenters. The molecule has 0 aliphatic carbocycles. The number of nitrogens with one attached hydrogen (secondary N) is 1. The van der Waals surface area contributed by atoms with Crippen molar-refractivity contribution in [2.45, 2.75) is 33.0 Å². The number of fused-ring (bicyclic) bond motifs is 1. The highest BCUT2D eigenvalue weighted by molar-refractivity contribution is 5.98. The maximum absolute atomic E-state index is 12.1. The van der Waals surface area contributed by atoms with Gasteiger partial charge in [-0.1, -0.05) is 0 Å². The Bertz CT molecular complexity index is 572. The Kier molecular flexibility index (Phi) is 4.42. The first-order valence-electron chi connectivity index (χ1n) is 6.79. The topological polar surface area (TPSA) is 91.8 Å². The van der Waals surface area contributed by atoms with E-state index in [2.05, 4.69) is 10.3 Å². The molecule has 21 heavy (non-hydrogen) atoms. The number of amides is 2. The predicted molar refractivity (Wildman–Crippen MR) is 74.7 cm³/mol. The summed E-state index contributed by atoms with van der Waals surface area (Å²) in [6, 6.07) is 1.70. The van der Waals surface area contributed by atoms with Crippen molar-refractivity contribution >= 4 is 11.8 Å². The van der Waals surface area contributed by atoms with E-state index in [4.69, 9.17) is 9.84 Å². The number of hydrogen-bond acceptors (Lipinski definition) is 5. The molecule has 2 heterocycles. The van der Waals surface area contributed by atoms with Crippen LogP contribution in [-0.2, 0) is 17.9 Å². The number of ether oxygens (including phenoxy) is 1. The van der Waals surface area contributed by atoms with Crippen LogP contribution in [0.25, 0.3) is 0 Å². The van der Waals surface area contributed by atoms with Crippen LogP contribution >= 0.6 is 0 Å². The van der Waals surface area contributed by atoms with Crippen LogP contribution in [0.2, 0.25) is 0 Å². The minimum atomic E-state index is -1.09. The van der Waals surface area contributed by atoms with Gasteiger partial charge in [-0.25, -0.2) is 4.98 Å². The third-order valence-corrected chi connectivity index (χ3v) is 3.41. The van der Waals surface area contributed by atoms with Crippen molar-refractivity contribution in [2.75, 3.05) is 13.7 Å². The molecule has 0 radical (unpaired) electrons. The van der Waals surface area contributed by atoms with Crippen molar-refractivity contribution in [2.24, 2.45) is 0 Å². The van der Waals surface area contributed by atoms with Gasteiger partial charge in [0.2, 0.25) is 11.8 Å². The molecule has 2 N–H and O–H groups in total. The van der Waals surface area contributed by atoms with Gasteiger partial charge in [0.1, 0.15) is 6.10 Å². The zero-order chi connectivity index (χ0) is 15.6. The molecule has 0 saturated carbocycles. The first-order valence-corrected chi connectivity index (χ1v) is 6.79. The maximum Gasteiger partial charge on any atom is 0.256 e. The lowest BCUT2D eigenvalue weighted by molar-refractivity contribution is -0.128. The Morgan fingerprint density at radius 2 is 2.33 bits per heavy atom. The minimum absolute atomic E-state index is 0.0641. The fourth-order valence-electron chi connectivity index (χ4n) is 2.19. The Morgan fingerprint density at radius 3 is 2.90 bits per heavy atom. The SMILES string of the molecule is CCN1Cc2nc(OC)c(CNC(=O)[C@H](C)O)cc2C1=O. The van der Waals surface area contributed by atoms with Gasteiger partial charge in [0, 0.05) is 18.7 Å². The number of aliphatic hydroxyl groups is 1. The van der Waals surface area contributed by atoms with Gasteiger partial charge in [-0.05, 0) is 19.9 Å². The lowest BCUT2D eigenvalue weighted by Gasteiger charge is -2.11. The van der Waals surface area contributed by atoms with E-state index < -0.39 is 12.0 Å². The Hall–Kier alpha value is -2.15. The number of pyridine rings is 1. The molecule has 0 aromatic carbocycles. The number of methoxy groups -OCH3 is 1. The summed E-state index contributed by atoms with van der Waals surface area (Å²) >= 11 is 0. The van der Waals surface area contributed by atoms with E-state index >= 15 is 0 Å². The van der Waals surface area contributed by atoms with E-state index in [-0.39, 0.29) is 12.5 Å². The second kappa shape index (κ2) is 6.09. The maximum atomic E-state index is 12.1. The minimum Gasteiger partial charge on any atom is -0.481 e. The first-order chi connectivity index (χ1) is 9.97. The molecule has 2 amide bonds. The molecular formula is C14H19N3O4. The van der Waals surface area contributed by atoms with Gasteiger partial charge in [-0.15, -0.1) is 0 Å². The average molecular weight is 293 g/mol. The molecule has 1 atom stereocenters. The fraction of sp³-hybridized carbons (Fsp3) is 0.500. The standard InChI is InChI=1S/C14H19N3O4/c1-4-17-7-11-10(14(17)20)5-9(13(16-11)21-3)6-15-12(19)8(2)18/h5,8,18H,4,6-7H2,1-3H3,(H,15,19)/t8-/m0/s1. The smallest absolute Gasteiger partial charge is 0.256 e. The van der Waals surface area contributed by atoms with Gasteiger partial charge in [-0.3, -0.25) is 9.59 Å². The second-order valence-corrected chi connectivity index (χ2v) is 4.86. The summed E-state index contributed by atoms with van der Waals surface area (Å²) in [6.07, 6.45) is -1.09. The number of hydrogen-bond donors (Lipinski definition) is 2. The number of aliphatic hydroxyl groups excluding tert-OH is 1. The van der Waals surface area contributed by atoms with E-state index in [9.17, 15) is 9.59 Å². The molecule has 1 aromatic rings. The highest BCUT2D eigenvalue weighted by atomic mass is 16.5. The zero-order valence-electron chi connectivity index (χ0n) is 12.3. The quantitative estimate of drug-likeness (QED) is 0.801. The molecule has 2 rings (SSSR count). The summed E-state index contributed by atoms with van der Waals surface area (Å²) in [5.74, 6) is -0.171. The average Bonchev–Trinajstić information content (AvgIpc) is 2.79. The van der Waals surface area contributed by atoms with Gasteiger partial charge in [-0.2, -0.15) is 0 Å². The number of aromatic nitrogens is 1. The van der Waals surface area contributed by atoms with Crippen LogP contribution in [0.3, 0.4) is 0 Å². The Morgan fingerprint density at radius 1 is 1.62 bits per heavy atom. The van der Waals surface area contributed by atoms with Crippen molar-refractivity contribution in [1.82, 2.24) is 15.2 Å². The molecule has 1 aliphatic rings. The summed E-state index contributed by atoms with van der Waals surface area (Å²) in [5, 5.41) is 11.7. The number of carbonyl (C=O) groups excluding carboxylic acids is 2. The number of rotatable bonds is 5. The molecular weight excluding hydrogens is 274 g/mol. The van der Waals surface area contributed by atoms with E-state index in [1.54, 1.807) is 11.0 Å². The molecule has 1 aliphatic heterocycles. The Labute approximate surface area is 122 Å². The molecule has 0 fully saturated rings. The van der Waals surface area contributed by atoms with E-state index in [1.807, 2.05) is 6.92 Å². The van der Waals surface area contributed by atoms with E-state index in [0.29, 0.717) is 35.8 Å². The van der Waals surface area contributed by atoms with Crippen LogP contribution in [0.15, 0.2) is 6.07 Å². The summed E-state index contributed by atoms with van der Waals surface area (Å²) in [5.41, 5.74) is 1.83. The summed E-state index contributed by atoms with van der Waals surface area (Å²) < 4.78 is 5.21. The van der Waals surface area contributed by atoms with Crippen LogP contribution in [0.5, 0.6) is 5.88 Å². The van der Waals surface area contributed by atoms with Crippen molar-refractivity contribution in [3.63, 3.8) is 0 Å². The summed E-state index contributed by atoms with van der Waals surface area (Å²) in [6.45, 7) is 4.53. The number of nitrogens with zero attached hydrogens (tertiary/aromatic N) is 2. The fourth-order valence-corrected chi connectivity index (χ4v) is 2.19. The molecule has 114 valence electrons. The molecule has 0 spiro atoms. The highest BCUT2D eigenvalue weighted by Crippen LogP contribution is 2.26. The van der Waals surface area contributed by atoms with Crippen LogP contribution in [-0.4, -0.2) is 46.6 Å². The van der Waals surface area contributed by atoms with Crippen molar-refractivity contribution in [1.29, 1.82) is 0 Å². The summed E-state index contributed by atoms with van der Waals surface area (Å²) in [7, 11) is 1.49. The Balaban J connectivity index is 2.25. The molecule has 1 aromatic heterocycles. The van der Waals surface area contributed by atoms with Gasteiger partial charge >= 0.3 is 0 Å². The van der Waals surface area contributed by atoms with Crippen molar-refractivity contribution in [3.05, 3.63) is 22.9 Å². The van der Waals surface area contributed by atoms with Crippen LogP contribution in [0.4, 0.5) is 0 Å². The third-order valence-electron chi connectivity index (χ3n) is 3.41. The molecule has 7 nitrogen and oxygen atoms in total. The van der Waals surface area contributed by atoms with Crippen LogP contribution < -0.4 is 10.1 Å². The monoisotopic (exact) mass is 293 g/mol. The number of carbonyl (C=O) groups is 2. The largest absolute Gasteiger partial charge is 0.481 e. The lowest BCUT2D eigenvalue weighted by atomic mass is 10.1. The molecule has 0 bridgehead atoms. The lowest BCUT2D eigenvalue weighted by Crippen LogP contribution is -2.32. The van der Waals surface area contributed by atoms with Gasteiger partial charge in [0.05, 0.1) is 24.9 Å². The van der Waals surface area contributed by atoms with Crippen LogP contribution in [0.1, 0.15) is 35.5 Å². The van der Waals surface area contributed by atoms with Gasteiger partial charge in [0.15, 0.2) is 0 Å². The van der Waals surface area contributed by atoms with E-state index in [0.717, 1.165) is 0 Å². The predicted octanol–water partition coefficient (Wildman–Crippen LogP) is 0.0629. The van der Waals surface area contributed by atoms with Gasteiger partial charge in [0.25, 0.3) is 5.91 Å². The highest BCUT2D eigenvalue weighted by Gasteiger charge is 2.29. The van der Waals surface area contributed by atoms with Gasteiger partial charge < -0.3 is 20.1 Å². The van der Waals surface area contributed by atoms with Crippen molar-refractivity contribution < 1.29 is 19.4 Å². The van der Waals surface area contributed by atoms with E-state index in [1.165, 1.54) is 14.0 Å². The first kappa shape index (κ1) is 15.2. The third kappa shape index (κ3) is 2.97. The normalized spacial score (nSPS) is 14.9. The zero-order valence-corrected chi connectivity index (χ0v) is 12.3. The van der Waals surface area contributed by atoms with Crippen LogP contribution in [0, 0.1) is 0 Å². The molecule has 7 heteroatoms. The summed E-state index contributed by atoms with van der Waals surface area (Å²) in [4.78, 5) is 29.6. The second-order valence-electron chi connectivity index (χ2n) is 4.86. The molecule has 0 saturated heterocycles. The van der Waals surface area contributed by atoms with Crippen molar-refractivity contribution in [3.8, 4) is 5.88 Å².